The number of carbonyl (C=O) groups is 2. The van der Waals surface area contributed by atoms with Crippen LogP contribution in [0.2, 0.25) is 0 Å². The van der Waals surface area contributed by atoms with Crippen molar-refractivity contribution in [2.75, 3.05) is 25.4 Å². The Morgan fingerprint density at radius 2 is 1.58 bits per heavy atom. The Morgan fingerprint density at radius 1 is 0.848 bits per heavy atom. The van der Waals surface area contributed by atoms with E-state index in [2.05, 4.69) is 0 Å². The molecular weight excluding hydrogens is 438 g/mol. The van der Waals surface area contributed by atoms with Crippen molar-refractivity contribution in [3.8, 4) is 0 Å². The van der Waals surface area contributed by atoms with Crippen LogP contribution in [0.3, 0.4) is 0 Å². The summed E-state index contributed by atoms with van der Waals surface area (Å²) < 4.78 is 0. The number of likely N-dealkylation sites (tertiary alicyclic amines) is 1. The fourth-order valence-corrected chi connectivity index (χ4v) is 6.24. The molecule has 168 valence electrons. The van der Waals surface area contributed by atoms with Gasteiger partial charge in [-0.3, -0.25) is 19.7 Å². The fourth-order valence-electron chi connectivity index (χ4n) is 4.78. The summed E-state index contributed by atoms with van der Waals surface area (Å²) in [6.45, 7) is 1.74. The van der Waals surface area contributed by atoms with E-state index in [4.69, 9.17) is 0 Å². The van der Waals surface area contributed by atoms with Crippen LogP contribution in [0.4, 0.5) is 5.69 Å². The molecular formula is C25H23N3O4S. The van der Waals surface area contributed by atoms with Crippen molar-refractivity contribution in [2.24, 2.45) is 0 Å². The lowest BCUT2D eigenvalue weighted by Crippen LogP contribution is -2.53. The van der Waals surface area contributed by atoms with Crippen molar-refractivity contribution in [2.45, 2.75) is 17.7 Å². The van der Waals surface area contributed by atoms with Gasteiger partial charge in [0.05, 0.1) is 9.79 Å². The first-order chi connectivity index (χ1) is 16.0. The standard InChI is InChI=1S/C25H23N3O4S/c29-23(21-9-8-18-4-1-2-5-19(18)16-21)26-12-10-25(11-13-26)27(14-15-33-25)24(30)20-6-3-7-22(17-20)28(31)32/h1-9,16-17H,10-15H2. The highest BCUT2D eigenvalue weighted by molar-refractivity contribution is 8.00. The van der Waals surface area contributed by atoms with Crippen LogP contribution in [0.1, 0.15) is 33.6 Å². The Hall–Kier alpha value is -3.39. The molecule has 0 aromatic heterocycles. The van der Waals surface area contributed by atoms with Gasteiger partial charge in [-0.1, -0.05) is 36.4 Å². The van der Waals surface area contributed by atoms with Gasteiger partial charge in [-0.15, -0.1) is 11.8 Å². The zero-order chi connectivity index (χ0) is 23.0. The van der Waals surface area contributed by atoms with Crippen LogP contribution in [-0.2, 0) is 0 Å². The van der Waals surface area contributed by atoms with Gasteiger partial charge in [0.25, 0.3) is 17.5 Å². The highest BCUT2D eigenvalue weighted by Gasteiger charge is 2.47. The maximum Gasteiger partial charge on any atom is 0.270 e. The molecule has 0 radical (unpaired) electrons. The topological polar surface area (TPSA) is 83.8 Å². The lowest BCUT2D eigenvalue weighted by atomic mass is 9.99. The quantitative estimate of drug-likeness (QED) is 0.421. The average molecular weight is 462 g/mol. The molecule has 1 spiro atoms. The SMILES string of the molecule is O=C(c1ccc2ccccc2c1)N1CCC2(CC1)SCCN2C(=O)c1cccc([N+](=O)[O-])c1. The summed E-state index contributed by atoms with van der Waals surface area (Å²) in [6, 6.07) is 19.7. The van der Waals surface area contributed by atoms with Crippen LogP contribution < -0.4 is 0 Å². The number of nitrogens with zero attached hydrogens (tertiary/aromatic N) is 3. The molecule has 0 aliphatic carbocycles. The molecule has 3 aromatic rings. The van der Waals surface area contributed by atoms with Crippen LogP contribution in [0.25, 0.3) is 10.8 Å². The number of piperidine rings is 1. The minimum atomic E-state index is -0.484. The van der Waals surface area contributed by atoms with Gasteiger partial charge in [0.15, 0.2) is 0 Å². The zero-order valence-corrected chi connectivity index (χ0v) is 18.8. The smallest absolute Gasteiger partial charge is 0.270 e. The minimum absolute atomic E-state index is 0.00941. The van der Waals surface area contributed by atoms with Gasteiger partial charge in [-0.05, 0) is 41.8 Å². The molecule has 0 atom stereocenters. The number of nitro benzene ring substituents is 1. The van der Waals surface area contributed by atoms with Crippen molar-refractivity contribution < 1.29 is 14.5 Å². The maximum absolute atomic E-state index is 13.3. The molecule has 5 rings (SSSR count). The van der Waals surface area contributed by atoms with Crippen LogP contribution in [0.5, 0.6) is 0 Å². The van der Waals surface area contributed by atoms with Crippen LogP contribution >= 0.6 is 11.8 Å². The van der Waals surface area contributed by atoms with Crippen molar-refractivity contribution in [1.29, 1.82) is 0 Å². The van der Waals surface area contributed by atoms with E-state index in [1.165, 1.54) is 12.1 Å². The van der Waals surface area contributed by atoms with Crippen molar-refractivity contribution in [3.63, 3.8) is 0 Å². The number of benzene rings is 3. The van der Waals surface area contributed by atoms with Gasteiger partial charge >= 0.3 is 0 Å². The number of hydrogen-bond acceptors (Lipinski definition) is 5. The highest BCUT2D eigenvalue weighted by Crippen LogP contribution is 2.44. The van der Waals surface area contributed by atoms with Crippen molar-refractivity contribution in [3.05, 3.63) is 88.0 Å². The Morgan fingerprint density at radius 3 is 2.33 bits per heavy atom. The molecule has 8 heteroatoms. The third-order valence-corrected chi connectivity index (χ3v) is 8.11. The Kier molecular flexibility index (Phi) is 5.54. The molecule has 0 N–H and O–H groups in total. The van der Waals surface area contributed by atoms with E-state index in [0.717, 1.165) is 16.5 Å². The summed E-state index contributed by atoms with van der Waals surface area (Å²) in [7, 11) is 0. The molecule has 33 heavy (non-hydrogen) atoms. The predicted octanol–water partition coefficient (Wildman–Crippen LogP) is 4.57. The lowest BCUT2D eigenvalue weighted by molar-refractivity contribution is -0.384. The summed E-state index contributed by atoms with van der Waals surface area (Å²) in [5.41, 5.74) is 0.923. The zero-order valence-electron chi connectivity index (χ0n) is 18.0. The lowest BCUT2D eigenvalue weighted by Gasteiger charge is -2.44. The third-order valence-electron chi connectivity index (χ3n) is 6.55. The number of amides is 2. The van der Waals surface area contributed by atoms with E-state index in [1.54, 1.807) is 23.9 Å². The Bertz CT molecular complexity index is 1250. The van der Waals surface area contributed by atoms with E-state index < -0.39 is 4.92 Å². The molecule has 2 heterocycles. The first kappa shape index (κ1) is 21.5. The first-order valence-electron chi connectivity index (χ1n) is 11.0. The molecule has 0 bridgehead atoms. The van der Waals surface area contributed by atoms with Crippen LogP contribution in [0, 0.1) is 10.1 Å². The number of rotatable bonds is 3. The molecule has 2 aliphatic rings. The van der Waals surface area contributed by atoms with E-state index in [-0.39, 0.29) is 22.4 Å². The maximum atomic E-state index is 13.3. The third kappa shape index (κ3) is 3.95. The largest absolute Gasteiger partial charge is 0.338 e. The second kappa shape index (κ2) is 8.51. The molecule has 0 saturated carbocycles. The van der Waals surface area contributed by atoms with Crippen LogP contribution in [-0.4, -0.2) is 56.8 Å². The number of thioether (sulfide) groups is 1. The Balaban J connectivity index is 1.31. The number of nitro groups is 1. The van der Waals surface area contributed by atoms with Gasteiger partial charge < -0.3 is 9.80 Å². The average Bonchev–Trinajstić information content (AvgIpc) is 3.26. The monoisotopic (exact) mass is 461 g/mol. The molecule has 3 aromatic carbocycles. The molecule has 2 fully saturated rings. The molecule has 0 unspecified atom stereocenters. The second-order valence-corrected chi connectivity index (χ2v) is 9.87. The van der Waals surface area contributed by atoms with E-state index in [0.29, 0.717) is 43.6 Å². The van der Waals surface area contributed by atoms with Gasteiger partial charge in [0.1, 0.15) is 0 Å². The highest BCUT2D eigenvalue weighted by atomic mass is 32.2. The summed E-state index contributed by atoms with van der Waals surface area (Å²) in [4.78, 5) is 40.4. The summed E-state index contributed by atoms with van der Waals surface area (Å²) >= 11 is 1.75. The molecule has 2 amide bonds. The Labute approximate surface area is 195 Å². The first-order valence-corrected chi connectivity index (χ1v) is 11.9. The van der Waals surface area contributed by atoms with E-state index in [1.807, 2.05) is 52.3 Å². The minimum Gasteiger partial charge on any atom is -0.338 e. The molecule has 2 aliphatic heterocycles. The van der Waals surface area contributed by atoms with Gasteiger partial charge in [-0.2, -0.15) is 0 Å². The fraction of sp³-hybridized carbons (Fsp3) is 0.280. The number of fused-ring (bicyclic) bond motifs is 1. The van der Waals surface area contributed by atoms with Crippen molar-refractivity contribution >= 4 is 40.0 Å². The number of non-ortho nitro benzene ring substituents is 1. The van der Waals surface area contributed by atoms with Crippen LogP contribution in [0.15, 0.2) is 66.7 Å². The van der Waals surface area contributed by atoms with Gasteiger partial charge in [0.2, 0.25) is 0 Å². The predicted molar refractivity (Wildman–Crippen MR) is 128 cm³/mol. The normalized spacial score (nSPS) is 17.5. The number of carbonyl (C=O) groups excluding carboxylic acids is 2. The van der Waals surface area contributed by atoms with E-state index in [9.17, 15) is 19.7 Å². The van der Waals surface area contributed by atoms with Crippen molar-refractivity contribution in [1.82, 2.24) is 9.80 Å². The summed E-state index contributed by atoms with van der Waals surface area (Å²) in [6.07, 6.45) is 1.36. The second-order valence-electron chi connectivity index (χ2n) is 8.41. The number of hydrogen-bond donors (Lipinski definition) is 0. The molecule has 7 nitrogen and oxygen atoms in total. The van der Waals surface area contributed by atoms with E-state index >= 15 is 0 Å². The van der Waals surface area contributed by atoms with Gasteiger partial charge in [0, 0.05) is 48.6 Å². The summed E-state index contributed by atoms with van der Waals surface area (Å²) in [5, 5.41) is 13.3. The van der Waals surface area contributed by atoms with Gasteiger partial charge in [-0.25, -0.2) is 0 Å². The summed E-state index contributed by atoms with van der Waals surface area (Å²) in [5.74, 6) is 0.646. The molecule has 2 saturated heterocycles.